The summed E-state index contributed by atoms with van der Waals surface area (Å²) in [5.74, 6) is -3.98. The fourth-order valence-corrected chi connectivity index (χ4v) is 6.55. The summed E-state index contributed by atoms with van der Waals surface area (Å²) >= 11 is 0. The van der Waals surface area contributed by atoms with Gasteiger partial charge in [0.25, 0.3) is 0 Å². The molecule has 14 heteroatoms. The number of aliphatic hydroxyl groups excluding tert-OH is 1. The molecule has 0 saturated carbocycles. The molecule has 14 nitrogen and oxygen atoms in total. The van der Waals surface area contributed by atoms with Gasteiger partial charge in [0.2, 0.25) is 11.8 Å². The number of benzene rings is 2. The monoisotopic (exact) mass is 709 g/mol. The van der Waals surface area contributed by atoms with Gasteiger partial charge in [-0.05, 0) is 41.0 Å². The van der Waals surface area contributed by atoms with Crippen LogP contribution in [0.25, 0.3) is 11.1 Å². The maximum atomic E-state index is 13.6. The molecule has 3 atom stereocenters. The van der Waals surface area contributed by atoms with Crippen LogP contribution >= 0.6 is 0 Å². The number of fused-ring (bicyclic) bond motifs is 3. The van der Waals surface area contributed by atoms with Gasteiger partial charge in [0.15, 0.2) is 12.1 Å². The van der Waals surface area contributed by atoms with Crippen molar-refractivity contribution >= 4 is 35.6 Å². The highest BCUT2D eigenvalue weighted by molar-refractivity contribution is 5.94. The highest BCUT2D eigenvalue weighted by Gasteiger charge is 2.38. The number of piperazine rings is 1. The lowest BCUT2D eigenvalue weighted by Crippen LogP contribution is -2.60. The summed E-state index contributed by atoms with van der Waals surface area (Å²) in [6, 6.07) is 13.4. The number of carbonyl (C=O) groups is 6. The highest BCUT2D eigenvalue weighted by Crippen LogP contribution is 2.44. The van der Waals surface area contributed by atoms with Gasteiger partial charge < -0.3 is 35.0 Å². The van der Waals surface area contributed by atoms with Crippen molar-refractivity contribution in [1.29, 1.82) is 0 Å². The Morgan fingerprint density at radius 3 is 2.10 bits per heavy atom. The molecule has 1 unspecified atom stereocenters. The summed E-state index contributed by atoms with van der Waals surface area (Å²) in [6.45, 7) is 4.92. The molecule has 3 amide bonds. The summed E-state index contributed by atoms with van der Waals surface area (Å²) in [5, 5.41) is 31.3. The molecule has 0 spiro atoms. The number of Topliss-reactive ketones (excluding diaryl/α,β-unsaturated/α-hetero) is 1. The quantitative estimate of drug-likeness (QED) is 0.139. The predicted octanol–water partition coefficient (Wildman–Crippen LogP) is 2.83. The average molecular weight is 710 g/mol. The number of carbonyl (C=O) groups excluding carboxylic acids is 5. The zero-order chi connectivity index (χ0) is 37.2. The second kappa shape index (κ2) is 17.9. The van der Waals surface area contributed by atoms with Gasteiger partial charge in [0.1, 0.15) is 25.3 Å². The maximum absolute atomic E-state index is 13.6. The molecule has 1 aliphatic carbocycles. The Bertz CT molecular complexity index is 1550. The number of carboxylic acid groups (broad SMARTS) is 1. The van der Waals surface area contributed by atoms with Gasteiger partial charge in [-0.1, -0.05) is 69.3 Å². The molecule has 0 aromatic heterocycles. The number of aliphatic hydroxyl groups is 2. The minimum atomic E-state index is -1.96. The van der Waals surface area contributed by atoms with E-state index in [9.17, 15) is 39.0 Å². The zero-order valence-electron chi connectivity index (χ0n) is 29.2. The Balaban J connectivity index is 1.36. The number of rotatable bonds is 17. The fraction of sp³-hybridized carbons (Fsp3) is 0.514. The van der Waals surface area contributed by atoms with E-state index in [0.717, 1.165) is 27.2 Å². The second-order valence-electron chi connectivity index (χ2n) is 13.3. The smallest absolute Gasteiger partial charge is 0.410 e. The van der Waals surface area contributed by atoms with Crippen molar-refractivity contribution in [3.63, 3.8) is 0 Å². The molecule has 4 rings (SSSR count). The molecule has 1 aliphatic heterocycles. The van der Waals surface area contributed by atoms with Crippen molar-refractivity contribution in [1.82, 2.24) is 15.1 Å². The Kier molecular flexibility index (Phi) is 13.7. The number of aliphatic carboxylic acids is 1. The van der Waals surface area contributed by atoms with Crippen molar-refractivity contribution in [3.8, 4) is 11.1 Å². The minimum Gasteiger partial charge on any atom is -0.481 e. The predicted molar refractivity (Wildman–Crippen MR) is 183 cm³/mol. The van der Waals surface area contributed by atoms with Gasteiger partial charge >= 0.3 is 18.0 Å². The summed E-state index contributed by atoms with van der Waals surface area (Å²) in [6.07, 6.45) is -4.51. The summed E-state index contributed by atoms with van der Waals surface area (Å²) < 4.78 is 10.9. The van der Waals surface area contributed by atoms with E-state index in [1.165, 1.54) is 4.90 Å². The number of hydrogen-bond donors (Lipinski definition) is 4. The van der Waals surface area contributed by atoms with Gasteiger partial charge in [-0.25, -0.2) is 4.79 Å². The minimum absolute atomic E-state index is 0.0187. The van der Waals surface area contributed by atoms with Gasteiger partial charge in [0, 0.05) is 31.8 Å². The third-order valence-corrected chi connectivity index (χ3v) is 9.11. The van der Waals surface area contributed by atoms with E-state index in [0.29, 0.717) is 0 Å². The molecular weight excluding hydrogens is 662 g/mol. The number of hydrogen-bond acceptors (Lipinski definition) is 10. The van der Waals surface area contributed by atoms with Crippen molar-refractivity contribution in [2.45, 2.75) is 89.7 Å². The Hall–Kier alpha value is -4.82. The topological polar surface area (TPSA) is 200 Å². The Labute approximate surface area is 296 Å². The number of amides is 3. The van der Waals surface area contributed by atoms with Crippen LogP contribution in [0.1, 0.15) is 76.3 Å². The van der Waals surface area contributed by atoms with E-state index in [-0.39, 0.29) is 63.6 Å². The zero-order valence-corrected chi connectivity index (χ0v) is 29.2. The lowest BCUT2D eigenvalue weighted by Gasteiger charge is -2.38. The summed E-state index contributed by atoms with van der Waals surface area (Å²) in [7, 11) is 0. The maximum Gasteiger partial charge on any atom is 0.410 e. The number of carboxylic acids is 1. The number of nitrogens with zero attached hydrogens (tertiary/aromatic N) is 2. The van der Waals surface area contributed by atoms with Crippen molar-refractivity contribution < 1.29 is 53.6 Å². The first-order valence-corrected chi connectivity index (χ1v) is 17.3. The lowest BCUT2D eigenvalue weighted by atomic mass is 9.97. The van der Waals surface area contributed by atoms with Crippen LogP contribution in [0.3, 0.4) is 0 Å². The molecule has 276 valence electrons. The first kappa shape index (κ1) is 39.0. The fourth-order valence-electron chi connectivity index (χ4n) is 6.55. The van der Waals surface area contributed by atoms with Gasteiger partial charge in [-0.3, -0.25) is 28.9 Å². The molecule has 0 radical (unpaired) electrons. The molecule has 1 saturated heterocycles. The number of esters is 1. The summed E-state index contributed by atoms with van der Waals surface area (Å²) in [5.41, 5.74) is 4.23. The van der Waals surface area contributed by atoms with Gasteiger partial charge in [-0.2, -0.15) is 0 Å². The van der Waals surface area contributed by atoms with Crippen molar-refractivity contribution in [2.24, 2.45) is 5.92 Å². The summed E-state index contributed by atoms with van der Waals surface area (Å²) in [4.78, 5) is 79.0. The molecule has 2 aromatic carbocycles. The van der Waals surface area contributed by atoms with Crippen LogP contribution in [0.5, 0.6) is 0 Å². The van der Waals surface area contributed by atoms with Crippen LogP contribution in [-0.4, -0.2) is 111 Å². The van der Waals surface area contributed by atoms with E-state index in [2.05, 4.69) is 5.32 Å². The molecule has 2 aliphatic rings. The Morgan fingerprint density at radius 1 is 0.922 bits per heavy atom. The Morgan fingerprint density at radius 2 is 1.55 bits per heavy atom. The molecular formula is C37H47N3O11. The van der Waals surface area contributed by atoms with E-state index < -0.39 is 73.1 Å². The van der Waals surface area contributed by atoms with E-state index in [1.807, 2.05) is 62.4 Å². The highest BCUT2D eigenvalue weighted by atomic mass is 16.6. The van der Waals surface area contributed by atoms with Crippen LogP contribution in [0, 0.1) is 5.92 Å². The van der Waals surface area contributed by atoms with Crippen molar-refractivity contribution in [3.05, 3.63) is 59.7 Å². The average Bonchev–Trinajstić information content (AvgIpc) is 3.40. The second-order valence-corrected chi connectivity index (χ2v) is 13.3. The lowest BCUT2D eigenvalue weighted by molar-refractivity contribution is -0.154. The van der Waals surface area contributed by atoms with E-state index >= 15 is 0 Å². The van der Waals surface area contributed by atoms with Crippen molar-refractivity contribution in [2.75, 3.05) is 26.2 Å². The molecule has 51 heavy (non-hydrogen) atoms. The standard InChI is InChI=1S/C37H47N3O11/c1-4-23(18-33(43)44)51-35(47)14-13-31(41)29(17-22(2)3)38-36(48)30(19-34(45)46)40-16-15-39(20-32(40)42)37(49)50-21-28-26-11-7-5-9-24(26)25-10-6-8-12-27(25)28/h5-12,22-23,28-30,34,45-46H,4,13-21H2,1-3H3,(H,38,48)(H,43,44)/t23?,29-,30+/m1/s1. The normalized spacial score (nSPS) is 15.9. The number of nitrogens with one attached hydrogen (secondary N) is 1. The van der Waals surface area contributed by atoms with Crippen LogP contribution in [-0.2, 0) is 33.4 Å². The SMILES string of the molecule is CCC(CC(=O)O)OC(=O)CCC(=O)[C@@H](CC(C)C)NC(=O)[C@H](CC(O)O)N1CCN(C(=O)OCC2c3ccccc3-c3ccccc32)CC1=O. The third kappa shape index (κ3) is 10.4. The molecule has 2 aromatic rings. The molecule has 1 fully saturated rings. The number of ketones is 1. The third-order valence-electron chi connectivity index (χ3n) is 9.11. The van der Waals surface area contributed by atoms with Gasteiger partial charge in [0.05, 0.1) is 18.9 Å². The molecule has 0 bridgehead atoms. The van der Waals surface area contributed by atoms with E-state index in [1.54, 1.807) is 6.92 Å². The molecule has 4 N–H and O–H groups in total. The van der Waals surface area contributed by atoms with Crippen LogP contribution in [0.2, 0.25) is 0 Å². The van der Waals surface area contributed by atoms with Gasteiger partial charge in [-0.15, -0.1) is 0 Å². The first-order chi connectivity index (χ1) is 24.3. The molecule has 1 heterocycles. The van der Waals surface area contributed by atoms with Crippen LogP contribution in [0.4, 0.5) is 4.79 Å². The van der Waals surface area contributed by atoms with E-state index in [4.69, 9.17) is 14.6 Å². The van der Waals surface area contributed by atoms with Crippen LogP contribution in [0.15, 0.2) is 48.5 Å². The van der Waals surface area contributed by atoms with Crippen LogP contribution < -0.4 is 5.32 Å². The largest absolute Gasteiger partial charge is 0.481 e. The first-order valence-electron chi connectivity index (χ1n) is 17.3. The number of ether oxygens (including phenoxy) is 2.